The molecule has 0 bridgehead atoms. The van der Waals surface area contributed by atoms with Crippen LogP contribution < -0.4 is 10.1 Å². The summed E-state index contributed by atoms with van der Waals surface area (Å²) in [4.78, 5) is 8.91. The Hall–Kier alpha value is -3.70. The number of para-hydroxylation sites is 1. The zero-order valence-corrected chi connectivity index (χ0v) is 23.2. The number of rotatable bonds is 8. The Morgan fingerprint density at radius 1 is 1.00 bits per heavy atom. The Labute approximate surface area is 235 Å². The van der Waals surface area contributed by atoms with Crippen LogP contribution in [0, 0.1) is 6.92 Å². The zero-order chi connectivity index (χ0) is 27.7. The predicted octanol–water partition coefficient (Wildman–Crippen LogP) is 6.05. The highest BCUT2D eigenvalue weighted by molar-refractivity contribution is 7.86. The maximum Gasteiger partial charge on any atom is 0.295 e. The molecule has 2 aromatic heterocycles. The van der Waals surface area contributed by atoms with Crippen molar-refractivity contribution in [2.75, 3.05) is 18.5 Å². The molecule has 2 N–H and O–H groups in total. The van der Waals surface area contributed by atoms with Gasteiger partial charge in [-0.3, -0.25) is 9.23 Å². The molecule has 0 spiro atoms. The molecule has 5 aromatic rings. The third-order valence-corrected chi connectivity index (χ3v) is 7.43. The van der Waals surface area contributed by atoms with E-state index in [-0.39, 0.29) is 22.9 Å². The van der Waals surface area contributed by atoms with E-state index in [0.717, 1.165) is 22.2 Å². The normalized spacial score (nSPS) is 11.6. The minimum Gasteiger partial charge on any atom is -0.475 e. The highest BCUT2D eigenvalue weighted by Gasteiger charge is 2.20. The van der Waals surface area contributed by atoms with Crippen LogP contribution in [0.15, 0.2) is 71.6 Å². The van der Waals surface area contributed by atoms with Crippen LogP contribution in [-0.2, 0) is 17.2 Å². The summed E-state index contributed by atoms with van der Waals surface area (Å²) in [6.07, 6.45) is 0. The standard InChI is InChI=1S/C27H23Cl2N5O4S/c1-16-7-10-24(39(35,36)37)20(13-16)27-31-22-6-4-3-5-19(22)26(32-27)30-11-12-38-25-15-23(34(2)33-25)18-9-8-17(28)14-21(18)29/h3-10,13-15H,11-12H2,1-2H3,(H,30,31,32)(H,35,36,37). The van der Waals surface area contributed by atoms with Crippen molar-refractivity contribution >= 4 is 50.0 Å². The fourth-order valence-electron chi connectivity index (χ4n) is 4.16. The zero-order valence-electron chi connectivity index (χ0n) is 20.9. The number of ether oxygens (including phenoxy) is 1. The number of benzene rings is 3. The fourth-order valence-corrected chi connectivity index (χ4v) is 5.33. The Morgan fingerprint density at radius 3 is 2.56 bits per heavy atom. The molecule has 2 heterocycles. The van der Waals surface area contributed by atoms with Crippen LogP contribution in [-0.4, -0.2) is 45.9 Å². The molecule has 0 radical (unpaired) electrons. The Balaban J connectivity index is 1.37. The fraction of sp³-hybridized carbons (Fsp3) is 0.148. The average Bonchev–Trinajstić information content (AvgIpc) is 3.25. The molecular weight excluding hydrogens is 561 g/mol. The van der Waals surface area contributed by atoms with Gasteiger partial charge in [0.05, 0.1) is 22.8 Å². The van der Waals surface area contributed by atoms with E-state index in [1.54, 1.807) is 42.1 Å². The second kappa shape index (κ2) is 10.8. The summed E-state index contributed by atoms with van der Waals surface area (Å²) in [5, 5.41) is 9.47. The predicted molar refractivity (Wildman–Crippen MR) is 152 cm³/mol. The molecule has 12 heteroatoms. The van der Waals surface area contributed by atoms with Gasteiger partial charge >= 0.3 is 0 Å². The van der Waals surface area contributed by atoms with Crippen molar-refractivity contribution in [3.8, 4) is 28.5 Å². The largest absolute Gasteiger partial charge is 0.475 e. The first-order valence-corrected chi connectivity index (χ1v) is 14.0. The van der Waals surface area contributed by atoms with Crippen LogP contribution in [0.2, 0.25) is 10.0 Å². The van der Waals surface area contributed by atoms with Gasteiger partial charge < -0.3 is 10.1 Å². The number of aromatic nitrogens is 4. The maximum absolute atomic E-state index is 12.0. The van der Waals surface area contributed by atoms with E-state index in [0.29, 0.717) is 33.8 Å². The van der Waals surface area contributed by atoms with Gasteiger partial charge in [0.2, 0.25) is 5.88 Å². The summed E-state index contributed by atoms with van der Waals surface area (Å²) in [6, 6.07) is 19.0. The molecule has 3 aromatic carbocycles. The lowest BCUT2D eigenvalue weighted by Crippen LogP contribution is -2.14. The molecule has 0 fully saturated rings. The van der Waals surface area contributed by atoms with Crippen LogP contribution in [0.25, 0.3) is 33.5 Å². The first-order valence-electron chi connectivity index (χ1n) is 11.8. The molecule has 39 heavy (non-hydrogen) atoms. The summed E-state index contributed by atoms with van der Waals surface area (Å²) >= 11 is 12.4. The molecule has 0 amide bonds. The van der Waals surface area contributed by atoms with E-state index in [2.05, 4.69) is 20.4 Å². The molecule has 9 nitrogen and oxygen atoms in total. The van der Waals surface area contributed by atoms with Crippen molar-refractivity contribution in [1.82, 2.24) is 19.7 Å². The van der Waals surface area contributed by atoms with Gasteiger partial charge in [0.25, 0.3) is 10.1 Å². The number of anilines is 1. The van der Waals surface area contributed by atoms with Gasteiger partial charge in [0.15, 0.2) is 5.82 Å². The van der Waals surface area contributed by atoms with Gasteiger partial charge in [-0.15, -0.1) is 5.10 Å². The summed E-state index contributed by atoms with van der Waals surface area (Å²) in [7, 11) is -2.69. The van der Waals surface area contributed by atoms with Gasteiger partial charge in [0.1, 0.15) is 17.3 Å². The average molecular weight is 584 g/mol. The molecule has 0 atom stereocenters. The van der Waals surface area contributed by atoms with Gasteiger partial charge in [-0.25, -0.2) is 9.97 Å². The SMILES string of the molecule is Cc1ccc(S(=O)(=O)O)c(-c2nc(NCCOc3cc(-c4ccc(Cl)cc4Cl)n(C)n3)c3ccccc3n2)c1. The number of nitrogens with one attached hydrogen (secondary N) is 1. The summed E-state index contributed by atoms with van der Waals surface area (Å²) in [5.41, 5.74) is 3.18. The van der Waals surface area contributed by atoms with Gasteiger partial charge in [0, 0.05) is 34.6 Å². The van der Waals surface area contributed by atoms with E-state index < -0.39 is 10.1 Å². The van der Waals surface area contributed by atoms with Gasteiger partial charge in [-0.05, 0) is 49.4 Å². The Kier molecular flexibility index (Phi) is 7.46. The molecule has 0 aliphatic carbocycles. The van der Waals surface area contributed by atoms with Crippen LogP contribution in [0.4, 0.5) is 5.82 Å². The Morgan fingerprint density at radius 2 is 1.79 bits per heavy atom. The number of hydrogen-bond donors (Lipinski definition) is 2. The summed E-state index contributed by atoms with van der Waals surface area (Å²) in [6.45, 7) is 2.45. The number of fused-ring (bicyclic) bond motifs is 1. The van der Waals surface area contributed by atoms with E-state index in [9.17, 15) is 13.0 Å². The summed E-state index contributed by atoms with van der Waals surface area (Å²) < 4.78 is 41.4. The van der Waals surface area contributed by atoms with Crippen molar-refractivity contribution in [2.45, 2.75) is 11.8 Å². The molecule has 0 saturated carbocycles. The minimum absolute atomic E-state index is 0.169. The first kappa shape index (κ1) is 26.9. The maximum atomic E-state index is 12.0. The second-order valence-corrected chi connectivity index (χ2v) is 11.0. The lowest BCUT2D eigenvalue weighted by molar-refractivity contribution is 0.316. The van der Waals surface area contributed by atoms with Gasteiger partial charge in [-0.2, -0.15) is 8.42 Å². The van der Waals surface area contributed by atoms with Crippen molar-refractivity contribution in [2.24, 2.45) is 7.05 Å². The highest BCUT2D eigenvalue weighted by atomic mass is 35.5. The molecule has 0 unspecified atom stereocenters. The van der Waals surface area contributed by atoms with Crippen molar-refractivity contribution in [1.29, 1.82) is 0 Å². The van der Waals surface area contributed by atoms with Crippen LogP contribution in [0.5, 0.6) is 5.88 Å². The minimum atomic E-state index is -4.49. The molecule has 0 aliphatic rings. The smallest absolute Gasteiger partial charge is 0.295 e. The first-order chi connectivity index (χ1) is 18.6. The van der Waals surface area contributed by atoms with E-state index in [1.165, 1.54) is 6.07 Å². The van der Waals surface area contributed by atoms with Crippen molar-refractivity contribution in [3.05, 3.63) is 82.3 Å². The second-order valence-electron chi connectivity index (χ2n) is 8.78. The van der Waals surface area contributed by atoms with Crippen molar-refractivity contribution in [3.63, 3.8) is 0 Å². The summed E-state index contributed by atoms with van der Waals surface area (Å²) in [5.74, 6) is 1.09. The van der Waals surface area contributed by atoms with E-state index >= 15 is 0 Å². The third kappa shape index (κ3) is 5.84. The van der Waals surface area contributed by atoms with E-state index in [4.69, 9.17) is 27.9 Å². The molecular formula is C27H23Cl2N5O4S. The molecule has 5 rings (SSSR count). The molecule has 0 saturated heterocycles. The number of nitrogens with zero attached hydrogens (tertiary/aromatic N) is 4. The Bertz CT molecular complexity index is 1810. The number of hydrogen-bond acceptors (Lipinski definition) is 7. The lowest BCUT2D eigenvalue weighted by Gasteiger charge is -2.13. The van der Waals surface area contributed by atoms with Gasteiger partial charge in [-0.1, -0.05) is 47.0 Å². The molecule has 0 aliphatic heterocycles. The highest BCUT2D eigenvalue weighted by Crippen LogP contribution is 2.32. The monoisotopic (exact) mass is 583 g/mol. The quantitative estimate of drug-likeness (QED) is 0.167. The van der Waals surface area contributed by atoms with Crippen LogP contribution >= 0.6 is 23.2 Å². The lowest BCUT2D eigenvalue weighted by atomic mass is 10.1. The topological polar surface area (TPSA) is 119 Å². The van der Waals surface area contributed by atoms with E-state index in [1.807, 2.05) is 37.3 Å². The third-order valence-electron chi connectivity index (χ3n) is 5.97. The van der Waals surface area contributed by atoms with Crippen LogP contribution in [0.1, 0.15) is 5.56 Å². The van der Waals surface area contributed by atoms with Crippen LogP contribution in [0.3, 0.4) is 0 Å². The number of aryl methyl sites for hydroxylation is 2. The molecule has 200 valence electrons. The number of halogens is 2. The van der Waals surface area contributed by atoms with Crippen molar-refractivity contribution < 1.29 is 17.7 Å².